The van der Waals surface area contributed by atoms with Crippen molar-refractivity contribution >= 4 is 27.9 Å². The number of hydrazine groups is 1. The van der Waals surface area contributed by atoms with Crippen LogP contribution in [-0.2, 0) is 4.79 Å². The quantitative estimate of drug-likeness (QED) is 0.460. The monoisotopic (exact) mass is 419 g/mol. The Bertz CT molecular complexity index is 1170. The van der Waals surface area contributed by atoms with Crippen molar-refractivity contribution in [3.8, 4) is 17.0 Å². The van der Waals surface area contributed by atoms with E-state index in [9.17, 15) is 4.79 Å². The van der Waals surface area contributed by atoms with Crippen molar-refractivity contribution in [3.05, 3.63) is 71.9 Å². The highest BCUT2D eigenvalue weighted by Crippen LogP contribution is 2.27. The summed E-state index contributed by atoms with van der Waals surface area (Å²) in [5, 5.41) is 5.02. The number of aromatic nitrogens is 2. The van der Waals surface area contributed by atoms with E-state index < -0.39 is 0 Å². The van der Waals surface area contributed by atoms with Gasteiger partial charge in [0.15, 0.2) is 4.96 Å². The molecule has 2 aromatic carbocycles. The van der Waals surface area contributed by atoms with Gasteiger partial charge in [0.2, 0.25) is 5.91 Å². The van der Waals surface area contributed by atoms with Gasteiger partial charge in [0.05, 0.1) is 12.8 Å². The molecule has 1 amide bonds. The largest absolute Gasteiger partial charge is 0.497 e. The fourth-order valence-corrected chi connectivity index (χ4v) is 4.36. The molecule has 152 valence electrons. The van der Waals surface area contributed by atoms with Crippen molar-refractivity contribution in [2.24, 2.45) is 0 Å². The number of methoxy groups -OCH3 is 1. The Morgan fingerprint density at radius 3 is 3.00 bits per heavy atom. The lowest BCUT2D eigenvalue weighted by Crippen LogP contribution is -2.39. The molecule has 8 heteroatoms. The molecule has 2 atom stereocenters. The number of amides is 1. The van der Waals surface area contributed by atoms with Gasteiger partial charge in [-0.2, -0.15) is 0 Å². The number of ether oxygens (including phenoxy) is 1. The van der Waals surface area contributed by atoms with Crippen LogP contribution in [0.5, 0.6) is 5.75 Å². The molecular formula is C22H21N5O2S. The number of hydrogen-bond acceptors (Lipinski definition) is 6. The maximum Gasteiger partial charge on any atom is 0.242 e. The Balaban J connectivity index is 1.27. The van der Waals surface area contributed by atoms with Gasteiger partial charge < -0.3 is 10.1 Å². The van der Waals surface area contributed by atoms with E-state index in [-0.39, 0.29) is 18.0 Å². The van der Waals surface area contributed by atoms with Crippen molar-refractivity contribution in [3.63, 3.8) is 0 Å². The third kappa shape index (κ3) is 3.68. The Morgan fingerprint density at radius 2 is 2.13 bits per heavy atom. The van der Waals surface area contributed by atoms with Crippen LogP contribution in [0, 0.1) is 0 Å². The van der Waals surface area contributed by atoms with Crippen LogP contribution in [-0.4, -0.2) is 28.4 Å². The van der Waals surface area contributed by atoms with Crippen molar-refractivity contribution in [2.45, 2.75) is 18.5 Å². The van der Waals surface area contributed by atoms with Crippen LogP contribution in [0.4, 0.5) is 5.69 Å². The molecule has 1 aliphatic rings. The van der Waals surface area contributed by atoms with Gasteiger partial charge in [0.25, 0.3) is 0 Å². The van der Waals surface area contributed by atoms with Gasteiger partial charge in [-0.05, 0) is 36.2 Å². The van der Waals surface area contributed by atoms with Gasteiger partial charge in [0, 0.05) is 35.1 Å². The van der Waals surface area contributed by atoms with E-state index in [1.54, 1.807) is 18.4 Å². The summed E-state index contributed by atoms with van der Waals surface area (Å²) in [6, 6.07) is 15.4. The summed E-state index contributed by atoms with van der Waals surface area (Å²) in [7, 11) is 1.65. The van der Waals surface area contributed by atoms with Crippen molar-refractivity contribution in [1.29, 1.82) is 0 Å². The molecule has 0 aliphatic carbocycles. The SMILES string of the molecule is COc1cccc(C2CC(C(=O)Nc3cccc(-c4cn5ccsc5n4)c3)NN2)c1. The second kappa shape index (κ2) is 7.91. The molecule has 1 fully saturated rings. The predicted octanol–water partition coefficient (Wildman–Crippen LogP) is 3.62. The minimum absolute atomic E-state index is 0.0423. The minimum Gasteiger partial charge on any atom is -0.497 e. The molecule has 2 unspecified atom stereocenters. The average Bonchev–Trinajstić information content (AvgIpc) is 3.50. The minimum atomic E-state index is -0.331. The van der Waals surface area contributed by atoms with Crippen molar-refractivity contribution in [1.82, 2.24) is 20.2 Å². The average molecular weight is 420 g/mol. The first-order chi connectivity index (χ1) is 14.7. The zero-order valence-electron chi connectivity index (χ0n) is 16.3. The van der Waals surface area contributed by atoms with Crippen LogP contribution >= 0.6 is 11.3 Å². The molecule has 7 nitrogen and oxygen atoms in total. The Morgan fingerprint density at radius 1 is 1.23 bits per heavy atom. The van der Waals surface area contributed by atoms with Crippen LogP contribution in [0.1, 0.15) is 18.0 Å². The molecule has 0 saturated carbocycles. The second-order valence-corrected chi connectivity index (χ2v) is 8.07. The first-order valence-electron chi connectivity index (χ1n) is 9.68. The summed E-state index contributed by atoms with van der Waals surface area (Å²) >= 11 is 1.59. The van der Waals surface area contributed by atoms with Gasteiger partial charge in [-0.3, -0.25) is 9.20 Å². The molecule has 1 saturated heterocycles. The molecule has 0 bridgehead atoms. The van der Waals surface area contributed by atoms with Crippen LogP contribution in [0.15, 0.2) is 66.3 Å². The van der Waals surface area contributed by atoms with Crippen LogP contribution in [0.25, 0.3) is 16.2 Å². The molecule has 4 aromatic rings. The van der Waals surface area contributed by atoms with Crippen LogP contribution < -0.4 is 20.9 Å². The van der Waals surface area contributed by atoms with Crippen molar-refractivity contribution < 1.29 is 9.53 Å². The number of anilines is 1. The predicted molar refractivity (Wildman–Crippen MR) is 118 cm³/mol. The van der Waals surface area contributed by atoms with Crippen molar-refractivity contribution in [2.75, 3.05) is 12.4 Å². The van der Waals surface area contributed by atoms with E-state index in [1.807, 2.05) is 70.7 Å². The van der Waals surface area contributed by atoms with Crippen LogP contribution in [0.2, 0.25) is 0 Å². The number of fused-ring (bicyclic) bond motifs is 1. The summed E-state index contributed by atoms with van der Waals surface area (Å²) in [6.45, 7) is 0. The van der Waals surface area contributed by atoms with E-state index in [1.165, 1.54) is 0 Å². The Labute approximate surface area is 177 Å². The summed E-state index contributed by atoms with van der Waals surface area (Å²) in [4.78, 5) is 18.4. The summed E-state index contributed by atoms with van der Waals surface area (Å²) in [5.74, 6) is 0.731. The molecule has 5 rings (SSSR count). The number of carbonyl (C=O) groups excluding carboxylic acids is 1. The highest BCUT2D eigenvalue weighted by molar-refractivity contribution is 7.15. The maximum absolute atomic E-state index is 12.8. The topological polar surface area (TPSA) is 79.7 Å². The van der Waals surface area contributed by atoms with Gasteiger partial charge in [-0.25, -0.2) is 15.8 Å². The third-order valence-corrected chi connectivity index (χ3v) is 6.01. The number of benzene rings is 2. The number of carbonyl (C=O) groups is 1. The Kier molecular flexibility index (Phi) is 4.96. The van der Waals surface area contributed by atoms with Gasteiger partial charge in [-0.15, -0.1) is 11.3 Å². The Hall–Kier alpha value is -3.20. The van der Waals surface area contributed by atoms with Crippen LogP contribution in [0.3, 0.4) is 0 Å². The molecular weight excluding hydrogens is 398 g/mol. The first kappa shape index (κ1) is 18.8. The van der Waals surface area contributed by atoms with E-state index in [4.69, 9.17) is 4.74 Å². The zero-order valence-corrected chi connectivity index (χ0v) is 17.1. The zero-order chi connectivity index (χ0) is 20.5. The molecule has 3 N–H and O–H groups in total. The number of rotatable bonds is 5. The number of hydrogen-bond donors (Lipinski definition) is 3. The fraction of sp³-hybridized carbons (Fsp3) is 0.182. The number of imidazole rings is 1. The summed E-state index contributed by atoms with van der Waals surface area (Å²) < 4.78 is 7.29. The smallest absolute Gasteiger partial charge is 0.242 e. The normalized spacial score (nSPS) is 18.6. The molecule has 0 radical (unpaired) electrons. The molecule has 2 aromatic heterocycles. The summed E-state index contributed by atoms with van der Waals surface area (Å²) in [6.07, 6.45) is 4.63. The lowest BCUT2D eigenvalue weighted by molar-refractivity contribution is -0.117. The molecule has 0 spiro atoms. The molecule has 30 heavy (non-hydrogen) atoms. The van der Waals surface area contributed by atoms with E-state index >= 15 is 0 Å². The highest BCUT2D eigenvalue weighted by atomic mass is 32.1. The highest BCUT2D eigenvalue weighted by Gasteiger charge is 2.30. The third-order valence-electron chi connectivity index (χ3n) is 5.23. The lowest BCUT2D eigenvalue weighted by Gasteiger charge is -2.12. The molecule has 3 heterocycles. The first-order valence-corrected chi connectivity index (χ1v) is 10.6. The van der Waals surface area contributed by atoms with E-state index in [0.29, 0.717) is 6.42 Å². The standard InChI is InChI=1S/C22H21N5O2S/c1-29-17-7-3-5-15(11-17)18-12-19(26-25-18)21(28)23-16-6-2-4-14(10-16)20-13-27-8-9-30-22(27)24-20/h2-11,13,18-19,25-26H,12H2,1H3,(H,23,28). The van der Waals surface area contributed by atoms with E-state index in [2.05, 4.69) is 21.2 Å². The van der Waals surface area contributed by atoms with Gasteiger partial charge in [0.1, 0.15) is 11.8 Å². The van der Waals surface area contributed by atoms with Gasteiger partial charge >= 0.3 is 0 Å². The number of thiazole rings is 1. The number of nitrogens with one attached hydrogen (secondary N) is 3. The summed E-state index contributed by atoms with van der Waals surface area (Å²) in [5.41, 5.74) is 10.0. The van der Waals surface area contributed by atoms with Gasteiger partial charge in [-0.1, -0.05) is 24.3 Å². The maximum atomic E-state index is 12.8. The lowest BCUT2D eigenvalue weighted by atomic mass is 10.0. The number of nitrogens with zero attached hydrogens (tertiary/aromatic N) is 2. The fourth-order valence-electron chi connectivity index (χ4n) is 3.66. The molecule has 1 aliphatic heterocycles. The van der Waals surface area contributed by atoms with E-state index in [0.717, 1.165) is 33.2 Å². The second-order valence-electron chi connectivity index (χ2n) is 7.20.